The molecule has 2 aromatic carbocycles. The summed E-state index contributed by atoms with van der Waals surface area (Å²) in [7, 11) is 3.19. The summed E-state index contributed by atoms with van der Waals surface area (Å²) in [4.78, 5) is 30.8. The van der Waals surface area contributed by atoms with Crippen molar-refractivity contribution in [3.8, 4) is 22.1 Å². The topological polar surface area (TPSA) is 80.8 Å². The molecule has 166 valence electrons. The lowest BCUT2D eigenvalue weighted by Gasteiger charge is -2.28. The van der Waals surface area contributed by atoms with Crippen molar-refractivity contribution in [3.05, 3.63) is 53.0 Å². The van der Waals surface area contributed by atoms with Gasteiger partial charge in [-0.1, -0.05) is 0 Å². The van der Waals surface area contributed by atoms with Crippen LogP contribution in [-0.4, -0.2) is 37.6 Å². The number of fused-ring (bicyclic) bond motifs is 1. The van der Waals surface area contributed by atoms with Gasteiger partial charge in [-0.05, 0) is 54.8 Å². The van der Waals surface area contributed by atoms with Gasteiger partial charge in [-0.2, -0.15) is 0 Å². The van der Waals surface area contributed by atoms with Crippen LogP contribution in [0, 0.1) is 0 Å². The predicted molar refractivity (Wildman–Crippen MR) is 126 cm³/mol. The van der Waals surface area contributed by atoms with Gasteiger partial charge in [0.25, 0.3) is 0 Å². The van der Waals surface area contributed by atoms with E-state index in [-0.39, 0.29) is 18.2 Å². The van der Waals surface area contributed by atoms with Gasteiger partial charge in [0.05, 0.1) is 26.3 Å². The summed E-state index contributed by atoms with van der Waals surface area (Å²) in [6.07, 6.45) is 1.99. The highest BCUT2D eigenvalue weighted by molar-refractivity contribution is 7.13. The van der Waals surface area contributed by atoms with Gasteiger partial charge in [-0.25, -0.2) is 4.98 Å². The number of hydrogen-bond acceptors (Lipinski definition) is 6. The summed E-state index contributed by atoms with van der Waals surface area (Å²) < 4.78 is 10.6. The average molecular weight is 452 g/mol. The van der Waals surface area contributed by atoms with E-state index in [2.05, 4.69) is 10.3 Å². The fraction of sp³-hybridized carbons (Fsp3) is 0.292. The third kappa shape index (κ3) is 4.60. The van der Waals surface area contributed by atoms with E-state index in [9.17, 15) is 9.59 Å². The summed E-state index contributed by atoms with van der Waals surface area (Å²) in [5.41, 5.74) is 4.35. The summed E-state index contributed by atoms with van der Waals surface area (Å²) in [5.74, 6) is 1.20. The molecule has 3 aromatic rings. The maximum absolute atomic E-state index is 12.6. The molecule has 0 fully saturated rings. The summed E-state index contributed by atoms with van der Waals surface area (Å²) >= 11 is 1.48. The number of amides is 2. The number of carbonyl (C=O) groups is 2. The number of nitrogens with zero attached hydrogens (tertiary/aromatic N) is 2. The zero-order valence-corrected chi connectivity index (χ0v) is 19.1. The van der Waals surface area contributed by atoms with E-state index in [1.165, 1.54) is 11.3 Å². The van der Waals surface area contributed by atoms with E-state index in [4.69, 9.17) is 9.47 Å². The Hall–Kier alpha value is -3.39. The van der Waals surface area contributed by atoms with Crippen LogP contribution in [0.4, 0.5) is 11.4 Å². The minimum absolute atomic E-state index is 0.0385. The average Bonchev–Trinajstić information content (AvgIpc) is 3.26. The molecule has 1 aliphatic rings. The molecule has 7 nitrogen and oxygen atoms in total. The van der Waals surface area contributed by atoms with Gasteiger partial charge in [-0.15, -0.1) is 11.3 Å². The van der Waals surface area contributed by atoms with Crippen molar-refractivity contribution in [1.82, 2.24) is 4.98 Å². The molecule has 0 saturated carbocycles. The maximum Gasteiger partial charge on any atom is 0.230 e. The lowest BCUT2D eigenvalue weighted by molar-refractivity contribution is -0.117. The van der Waals surface area contributed by atoms with Crippen molar-refractivity contribution < 1.29 is 19.1 Å². The third-order valence-electron chi connectivity index (χ3n) is 5.39. The fourth-order valence-corrected chi connectivity index (χ4v) is 4.68. The van der Waals surface area contributed by atoms with Crippen LogP contribution in [0.1, 0.15) is 24.6 Å². The van der Waals surface area contributed by atoms with E-state index in [0.717, 1.165) is 46.9 Å². The van der Waals surface area contributed by atoms with Gasteiger partial charge < -0.3 is 19.7 Å². The molecular weight excluding hydrogens is 426 g/mol. The Labute approximate surface area is 191 Å². The van der Waals surface area contributed by atoms with Crippen LogP contribution >= 0.6 is 11.3 Å². The molecule has 2 heterocycles. The Morgan fingerprint density at radius 2 is 1.94 bits per heavy atom. The van der Waals surface area contributed by atoms with Crippen molar-refractivity contribution in [1.29, 1.82) is 0 Å². The number of aryl methyl sites for hydroxylation is 1. The Balaban J connectivity index is 1.43. The number of carbonyl (C=O) groups excluding carboxylic acids is 2. The van der Waals surface area contributed by atoms with Crippen LogP contribution in [-0.2, 0) is 22.4 Å². The van der Waals surface area contributed by atoms with Crippen molar-refractivity contribution >= 4 is 34.5 Å². The smallest absolute Gasteiger partial charge is 0.230 e. The van der Waals surface area contributed by atoms with E-state index in [1.54, 1.807) is 26.0 Å². The molecule has 0 spiro atoms. The molecule has 0 unspecified atom stereocenters. The first-order chi connectivity index (χ1) is 15.5. The van der Waals surface area contributed by atoms with Crippen LogP contribution in [0.5, 0.6) is 11.5 Å². The fourth-order valence-electron chi connectivity index (χ4n) is 3.86. The number of rotatable bonds is 6. The molecule has 1 N–H and O–H groups in total. The third-order valence-corrected chi connectivity index (χ3v) is 6.33. The molecule has 8 heteroatoms. The highest BCUT2D eigenvalue weighted by Crippen LogP contribution is 2.34. The number of benzene rings is 2. The molecular formula is C24H25N3O4S. The molecule has 2 amide bonds. The summed E-state index contributed by atoms with van der Waals surface area (Å²) in [6.45, 7) is 2.31. The molecule has 1 aliphatic heterocycles. The minimum Gasteiger partial charge on any atom is -0.493 e. The zero-order chi connectivity index (χ0) is 22.7. The first-order valence-electron chi connectivity index (χ1n) is 10.4. The molecule has 1 aromatic heterocycles. The first-order valence-corrected chi connectivity index (χ1v) is 11.2. The second kappa shape index (κ2) is 9.40. The number of hydrogen-bond donors (Lipinski definition) is 1. The molecule has 32 heavy (non-hydrogen) atoms. The molecule has 0 radical (unpaired) electrons. The van der Waals surface area contributed by atoms with Crippen molar-refractivity contribution in [3.63, 3.8) is 0 Å². The number of ether oxygens (including phenoxy) is 2. The van der Waals surface area contributed by atoms with Gasteiger partial charge in [0, 0.05) is 35.8 Å². The summed E-state index contributed by atoms with van der Waals surface area (Å²) in [5, 5.41) is 5.66. The number of methoxy groups -OCH3 is 2. The second-order valence-electron chi connectivity index (χ2n) is 7.56. The van der Waals surface area contributed by atoms with E-state index in [0.29, 0.717) is 17.2 Å². The first kappa shape index (κ1) is 21.8. The zero-order valence-electron chi connectivity index (χ0n) is 18.3. The van der Waals surface area contributed by atoms with Crippen molar-refractivity contribution in [2.45, 2.75) is 26.2 Å². The van der Waals surface area contributed by atoms with Gasteiger partial charge in [0.1, 0.15) is 5.01 Å². The van der Waals surface area contributed by atoms with Crippen LogP contribution in [0.15, 0.2) is 41.8 Å². The largest absolute Gasteiger partial charge is 0.493 e. The Kier molecular flexibility index (Phi) is 6.41. The quantitative estimate of drug-likeness (QED) is 0.604. The highest BCUT2D eigenvalue weighted by Gasteiger charge is 2.20. The van der Waals surface area contributed by atoms with E-state index >= 15 is 0 Å². The number of anilines is 2. The number of nitrogens with one attached hydrogen (secondary N) is 1. The van der Waals surface area contributed by atoms with Crippen LogP contribution in [0.25, 0.3) is 10.6 Å². The Morgan fingerprint density at radius 1 is 1.12 bits per heavy atom. The lowest BCUT2D eigenvalue weighted by Crippen LogP contribution is -2.33. The monoisotopic (exact) mass is 451 g/mol. The SMILES string of the molecule is COc1ccc(-c2nc(CC(=O)Nc3ccc4c(c3)CCCN4C(C)=O)cs2)cc1OC. The molecule has 0 bridgehead atoms. The van der Waals surface area contributed by atoms with Crippen molar-refractivity contribution in [2.24, 2.45) is 0 Å². The maximum atomic E-state index is 12.6. The minimum atomic E-state index is -0.131. The lowest BCUT2D eigenvalue weighted by atomic mass is 10.0. The van der Waals surface area contributed by atoms with E-state index in [1.807, 2.05) is 41.8 Å². The number of aromatic nitrogens is 1. The summed E-state index contributed by atoms with van der Waals surface area (Å²) in [6, 6.07) is 11.3. The Bertz CT molecular complexity index is 1160. The van der Waals surface area contributed by atoms with Crippen LogP contribution < -0.4 is 19.7 Å². The predicted octanol–water partition coefficient (Wildman–Crippen LogP) is 4.31. The van der Waals surface area contributed by atoms with Gasteiger partial charge in [-0.3, -0.25) is 9.59 Å². The van der Waals surface area contributed by atoms with Gasteiger partial charge in [0.2, 0.25) is 11.8 Å². The van der Waals surface area contributed by atoms with Crippen LogP contribution in [0.2, 0.25) is 0 Å². The Morgan fingerprint density at radius 3 is 2.69 bits per heavy atom. The molecule has 0 aliphatic carbocycles. The molecule has 0 atom stereocenters. The number of thiazole rings is 1. The highest BCUT2D eigenvalue weighted by atomic mass is 32.1. The molecule has 0 saturated heterocycles. The van der Waals surface area contributed by atoms with Crippen LogP contribution in [0.3, 0.4) is 0 Å². The molecule has 4 rings (SSSR count). The standard InChI is InChI=1S/C24H25N3O4S/c1-15(28)27-10-4-5-16-11-18(7-8-20(16)27)25-23(29)13-19-14-32-24(26-19)17-6-9-21(30-2)22(12-17)31-3/h6-9,11-12,14H,4-5,10,13H2,1-3H3,(H,25,29). The van der Waals surface area contributed by atoms with E-state index < -0.39 is 0 Å². The van der Waals surface area contributed by atoms with Gasteiger partial charge >= 0.3 is 0 Å². The van der Waals surface area contributed by atoms with Crippen molar-refractivity contribution in [2.75, 3.05) is 31.0 Å². The second-order valence-corrected chi connectivity index (χ2v) is 8.41. The van der Waals surface area contributed by atoms with Gasteiger partial charge in [0.15, 0.2) is 11.5 Å². The normalized spacial score (nSPS) is 12.8.